The smallest absolute Gasteiger partial charge is 0.261 e. The molecule has 2 aliphatic rings. The molecule has 0 atom stereocenters. The van der Waals surface area contributed by atoms with Gasteiger partial charge >= 0.3 is 0 Å². The molecule has 0 bridgehead atoms. The van der Waals surface area contributed by atoms with Crippen LogP contribution >= 0.6 is 22.7 Å². The van der Waals surface area contributed by atoms with E-state index in [1.807, 2.05) is 6.07 Å². The fourth-order valence-electron chi connectivity index (χ4n) is 4.62. The van der Waals surface area contributed by atoms with E-state index in [2.05, 4.69) is 21.7 Å². The third-order valence-corrected chi connectivity index (χ3v) is 8.44. The number of thiophene rings is 2. The van der Waals surface area contributed by atoms with E-state index in [1.165, 1.54) is 21.4 Å². The van der Waals surface area contributed by atoms with Gasteiger partial charge in [0.1, 0.15) is 5.82 Å². The number of nitrogens with zero attached hydrogens (tertiary/aromatic N) is 1. The standard InChI is InChI=1S/C23H25FN2OS2/c24-17-3-4-19-20(14-28-21(19)13-17)15-5-9-26(10-6-15)11-7-18-12-16-2-1-8-25-23(27)22(16)29-18/h3-4,12-15H,1-2,5-11H2,(H,25,27). The Balaban J connectivity index is 1.18. The van der Waals surface area contributed by atoms with Gasteiger partial charge in [0, 0.05) is 22.7 Å². The minimum absolute atomic E-state index is 0.109. The van der Waals surface area contributed by atoms with Crippen LogP contribution in [0.2, 0.25) is 0 Å². The molecule has 5 rings (SSSR count). The van der Waals surface area contributed by atoms with Gasteiger partial charge in [-0.3, -0.25) is 4.79 Å². The van der Waals surface area contributed by atoms with E-state index in [4.69, 9.17) is 0 Å². The van der Waals surface area contributed by atoms with Crippen LogP contribution in [0, 0.1) is 5.82 Å². The van der Waals surface area contributed by atoms with E-state index < -0.39 is 0 Å². The molecule has 152 valence electrons. The zero-order chi connectivity index (χ0) is 19.8. The molecule has 3 nitrogen and oxygen atoms in total. The van der Waals surface area contributed by atoms with Gasteiger partial charge in [-0.05, 0) is 91.2 Å². The largest absolute Gasteiger partial charge is 0.351 e. The van der Waals surface area contributed by atoms with Gasteiger partial charge in [0.2, 0.25) is 0 Å². The first-order valence-corrected chi connectivity index (χ1v) is 12.2. The summed E-state index contributed by atoms with van der Waals surface area (Å²) in [4.78, 5) is 17.0. The van der Waals surface area contributed by atoms with Crippen LogP contribution in [0.4, 0.5) is 4.39 Å². The van der Waals surface area contributed by atoms with Crippen molar-refractivity contribution < 1.29 is 9.18 Å². The Morgan fingerprint density at radius 2 is 2.07 bits per heavy atom. The number of fused-ring (bicyclic) bond motifs is 2. The van der Waals surface area contributed by atoms with Crippen LogP contribution in [0.25, 0.3) is 10.1 Å². The van der Waals surface area contributed by atoms with E-state index in [0.29, 0.717) is 5.92 Å². The van der Waals surface area contributed by atoms with Crippen LogP contribution in [0.3, 0.4) is 0 Å². The quantitative estimate of drug-likeness (QED) is 0.619. The lowest BCUT2D eigenvalue weighted by molar-refractivity contribution is 0.0960. The van der Waals surface area contributed by atoms with Gasteiger partial charge in [0.15, 0.2) is 0 Å². The van der Waals surface area contributed by atoms with Gasteiger partial charge in [0.05, 0.1) is 4.88 Å². The molecule has 2 aliphatic heterocycles. The summed E-state index contributed by atoms with van der Waals surface area (Å²) in [7, 11) is 0. The summed E-state index contributed by atoms with van der Waals surface area (Å²) in [6.07, 6.45) is 5.39. The first-order valence-electron chi connectivity index (χ1n) is 10.5. The highest BCUT2D eigenvalue weighted by atomic mass is 32.1. The zero-order valence-electron chi connectivity index (χ0n) is 16.4. The highest BCUT2D eigenvalue weighted by molar-refractivity contribution is 7.17. The number of aryl methyl sites for hydroxylation is 1. The Morgan fingerprint density at radius 1 is 1.21 bits per heavy atom. The van der Waals surface area contributed by atoms with Crippen molar-refractivity contribution in [2.45, 2.75) is 38.0 Å². The monoisotopic (exact) mass is 428 g/mol. The van der Waals surface area contributed by atoms with Crippen LogP contribution < -0.4 is 5.32 Å². The van der Waals surface area contributed by atoms with Crippen molar-refractivity contribution in [2.24, 2.45) is 0 Å². The predicted octanol–water partition coefficient (Wildman–Crippen LogP) is 5.20. The summed E-state index contributed by atoms with van der Waals surface area (Å²) < 4.78 is 14.5. The predicted molar refractivity (Wildman–Crippen MR) is 119 cm³/mol. The van der Waals surface area contributed by atoms with E-state index in [9.17, 15) is 9.18 Å². The molecule has 0 radical (unpaired) electrons. The molecule has 0 saturated carbocycles. The van der Waals surface area contributed by atoms with Crippen molar-refractivity contribution in [1.82, 2.24) is 10.2 Å². The molecule has 3 aromatic rings. The maximum absolute atomic E-state index is 13.5. The Kier molecular flexibility index (Phi) is 5.41. The summed E-state index contributed by atoms with van der Waals surface area (Å²) >= 11 is 3.34. The molecular weight excluding hydrogens is 403 g/mol. The number of hydrogen-bond donors (Lipinski definition) is 1. The molecule has 1 aromatic carbocycles. The number of likely N-dealkylation sites (tertiary alicyclic amines) is 1. The van der Waals surface area contributed by atoms with Crippen LogP contribution in [0.15, 0.2) is 29.6 Å². The molecule has 1 N–H and O–H groups in total. The summed E-state index contributed by atoms with van der Waals surface area (Å²) in [5.41, 5.74) is 2.64. The fraction of sp³-hybridized carbons (Fsp3) is 0.435. The maximum atomic E-state index is 13.5. The number of amides is 1. The summed E-state index contributed by atoms with van der Waals surface area (Å²) in [6, 6.07) is 7.44. The van der Waals surface area contributed by atoms with Crippen LogP contribution in [0.1, 0.15) is 50.9 Å². The fourth-order valence-corrected chi connectivity index (χ4v) is 6.80. The molecule has 29 heavy (non-hydrogen) atoms. The van der Waals surface area contributed by atoms with Crippen molar-refractivity contribution in [1.29, 1.82) is 0 Å². The van der Waals surface area contributed by atoms with E-state index in [1.54, 1.807) is 34.8 Å². The van der Waals surface area contributed by atoms with E-state index in [-0.39, 0.29) is 11.7 Å². The minimum Gasteiger partial charge on any atom is -0.351 e. The number of hydrogen-bond acceptors (Lipinski definition) is 4. The summed E-state index contributed by atoms with van der Waals surface area (Å²) in [5, 5.41) is 6.45. The maximum Gasteiger partial charge on any atom is 0.261 e. The lowest BCUT2D eigenvalue weighted by Gasteiger charge is -2.31. The molecule has 2 aromatic heterocycles. The van der Waals surface area contributed by atoms with Gasteiger partial charge < -0.3 is 10.2 Å². The lowest BCUT2D eigenvalue weighted by Crippen LogP contribution is -2.34. The van der Waals surface area contributed by atoms with Crippen molar-refractivity contribution in [3.8, 4) is 0 Å². The normalized spacial score (nSPS) is 18.6. The SMILES string of the molecule is O=C1NCCCc2cc(CCN3CCC(c4csc5cc(F)ccc45)CC3)sc21. The van der Waals surface area contributed by atoms with Crippen molar-refractivity contribution in [3.05, 3.63) is 56.3 Å². The second-order valence-electron chi connectivity index (χ2n) is 8.12. The van der Waals surface area contributed by atoms with Crippen molar-refractivity contribution >= 4 is 38.7 Å². The first-order chi connectivity index (χ1) is 14.2. The first kappa shape index (κ1) is 19.2. The number of piperidine rings is 1. The number of carbonyl (C=O) groups excluding carboxylic acids is 1. The number of halogens is 1. The zero-order valence-corrected chi connectivity index (χ0v) is 18.0. The van der Waals surface area contributed by atoms with Gasteiger partial charge in [0.25, 0.3) is 5.91 Å². The molecule has 0 unspecified atom stereocenters. The lowest BCUT2D eigenvalue weighted by atomic mass is 9.89. The van der Waals surface area contributed by atoms with Gasteiger partial charge in [-0.25, -0.2) is 4.39 Å². The van der Waals surface area contributed by atoms with Crippen LogP contribution in [-0.2, 0) is 12.8 Å². The van der Waals surface area contributed by atoms with Gasteiger partial charge in [-0.2, -0.15) is 0 Å². The number of nitrogens with one attached hydrogen (secondary N) is 1. The summed E-state index contributed by atoms with van der Waals surface area (Å²) in [5.74, 6) is 0.536. The Bertz CT molecular complexity index is 1030. The number of benzene rings is 1. The second-order valence-corrected chi connectivity index (χ2v) is 10.2. The highest BCUT2D eigenvalue weighted by Gasteiger charge is 2.24. The average molecular weight is 429 g/mol. The van der Waals surface area contributed by atoms with Crippen molar-refractivity contribution in [3.63, 3.8) is 0 Å². The molecule has 0 aliphatic carbocycles. The van der Waals surface area contributed by atoms with Gasteiger partial charge in [-0.1, -0.05) is 6.07 Å². The van der Waals surface area contributed by atoms with Crippen LogP contribution in [0.5, 0.6) is 0 Å². The van der Waals surface area contributed by atoms with Gasteiger partial charge in [-0.15, -0.1) is 22.7 Å². The Labute approximate surface area is 178 Å². The van der Waals surface area contributed by atoms with Crippen LogP contribution in [-0.4, -0.2) is 37.0 Å². The minimum atomic E-state index is -0.149. The molecule has 1 saturated heterocycles. The molecule has 4 heterocycles. The topological polar surface area (TPSA) is 32.3 Å². The highest BCUT2D eigenvalue weighted by Crippen LogP contribution is 2.37. The third kappa shape index (κ3) is 3.98. The number of rotatable bonds is 4. The van der Waals surface area contributed by atoms with Crippen molar-refractivity contribution in [2.75, 3.05) is 26.2 Å². The third-order valence-electron chi connectivity index (χ3n) is 6.24. The van der Waals surface area contributed by atoms with E-state index in [0.717, 1.165) is 67.9 Å². The molecule has 1 amide bonds. The average Bonchev–Trinajstić information content (AvgIpc) is 3.29. The molecular formula is C23H25FN2OS2. The van der Waals surface area contributed by atoms with E-state index >= 15 is 0 Å². The summed E-state index contributed by atoms with van der Waals surface area (Å²) in [6.45, 7) is 4.06. The Morgan fingerprint density at radius 3 is 2.93 bits per heavy atom. The molecule has 1 fully saturated rings. The molecule has 0 spiro atoms. The second kappa shape index (κ2) is 8.17. The molecule has 6 heteroatoms. The Hall–Kier alpha value is -1.76. The number of carbonyl (C=O) groups is 1.